The summed E-state index contributed by atoms with van der Waals surface area (Å²) in [5, 5.41) is 3.95. The molecule has 24 heavy (non-hydrogen) atoms. The molecule has 2 heteroatoms. The van der Waals surface area contributed by atoms with Crippen molar-refractivity contribution in [3.8, 4) is 22.3 Å². The van der Waals surface area contributed by atoms with E-state index in [1.54, 1.807) is 0 Å². The van der Waals surface area contributed by atoms with E-state index in [0.717, 1.165) is 21.2 Å². The van der Waals surface area contributed by atoms with Gasteiger partial charge in [0.2, 0.25) is 0 Å². The molecule has 0 radical (unpaired) electrons. The Labute approximate surface area is 151 Å². The molecule has 0 nitrogen and oxygen atoms in total. The number of halogens is 2. The first-order valence-corrected chi connectivity index (χ1v) is 8.51. The maximum Gasteiger partial charge on any atom is 0.0406 e. The smallest absolute Gasteiger partial charge is 0.0406 e. The Morgan fingerprint density at radius 1 is 0.458 bits per heavy atom. The monoisotopic (exact) mass is 348 g/mol. The van der Waals surface area contributed by atoms with Crippen LogP contribution in [-0.4, -0.2) is 0 Å². The molecule has 4 aromatic rings. The molecule has 0 aliphatic heterocycles. The quantitative estimate of drug-likeness (QED) is 0.352. The Bertz CT molecular complexity index is 920. The first-order valence-electron chi connectivity index (χ1n) is 7.76. The topological polar surface area (TPSA) is 0 Å². The van der Waals surface area contributed by atoms with Gasteiger partial charge < -0.3 is 0 Å². The molecule has 0 unspecified atom stereocenters. The fourth-order valence-electron chi connectivity index (χ4n) is 3.08. The molecule has 4 aromatic carbocycles. The summed E-state index contributed by atoms with van der Waals surface area (Å²) in [6.45, 7) is 0. The summed E-state index contributed by atoms with van der Waals surface area (Å²) in [5.74, 6) is 0. The molecule has 0 spiro atoms. The normalized spacial score (nSPS) is 10.9. The summed E-state index contributed by atoms with van der Waals surface area (Å²) in [6.07, 6.45) is 0. The predicted octanol–water partition coefficient (Wildman–Crippen LogP) is 7.48. The summed E-state index contributed by atoms with van der Waals surface area (Å²) in [7, 11) is 0. The molecule has 0 aliphatic carbocycles. The number of benzene rings is 4. The van der Waals surface area contributed by atoms with E-state index in [1.165, 1.54) is 21.9 Å². The Kier molecular flexibility index (Phi) is 4.02. The minimum absolute atomic E-state index is 0.747. The van der Waals surface area contributed by atoms with Crippen molar-refractivity contribution < 1.29 is 0 Å². The minimum Gasteiger partial charge on any atom is -0.0843 e. The summed E-state index contributed by atoms with van der Waals surface area (Å²) in [4.78, 5) is 0. The van der Waals surface area contributed by atoms with Crippen LogP contribution in [-0.2, 0) is 0 Å². The van der Waals surface area contributed by atoms with Crippen molar-refractivity contribution in [2.45, 2.75) is 0 Å². The third-order valence-corrected chi connectivity index (χ3v) is 4.72. The Balaban J connectivity index is 2.01. The maximum absolute atomic E-state index is 6.05. The number of rotatable bonds is 2. The van der Waals surface area contributed by atoms with Crippen molar-refractivity contribution in [2.75, 3.05) is 0 Å². The van der Waals surface area contributed by atoms with Gasteiger partial charge in [0.25, 0.3) is 0 Å². The van der Waals surface area contributed by atoms with Crippen molar-refractivity contribution in [1.29, 1.82) is 0 Å². The van der Waals surface area contributed by atoms with Crippen LogP contribution < -0.4 is 0 Å². The molecule has 0 aliphatic rings. The highest BCUT2D eigenvalue weighted by Gasteiger charge is 2.10. The molecule has 0 fully saturated rings. The second-order valence-electron chi connectivity index (χ2n) is 5.72. The van der Waals surface area contributed by atoms with E-state index in [-0.39, 0.29) is 0 Å². The van der Waals surface area contributed by atoms with Crippen molar-refractivity contribution in [3.63, 3.8) is 0 Å². The zero-order chi connectivity index (χ0) is 16.5. The van der Waals surface area contributed by atoms with Crippen LogP contribution in [0, 0.1) is 0 Å². The molecule has 116 valence electrons. The van der Waals surface area contributed by atoms with Crippen molar-refractivity contribution >= 4 is 34.0 Å². The lowest BCUT2D eigenvalue weighted by molar-refractivity contribution is 1.62. The Morgan fingerprint density at radius 2 is 0.875 bits per heavy atom. The summed E-state index contributed by atoms with van der Waals surface area (Å²) >= 11 is 12.1. The van der Waals surface area contributed by atoms with E-state index in [1.807, 2.05) is 24.3 Å². The molecular formula is C22H14Cl2. The molecule has 0 aromatic heterocycles. The lowest BCUT2D eigenvalue weighted by Crippen LogP contribution is -1.86. The van der Waals surface area contributed by atoms with Gasteiger partial charge in [-0.2, -0.15) is 0 Å². The van der Waals surface area contributed by atoms with Crippen LogP contribution in [0.5, 0.6) is 0 Å². The van der Waals surface area contributed by atoms with Gasteiger partial charge in [-0.15, -0.1) is 0 Å². The number of hydrogen-bond donors (Lipinski definition) is 0. The van der Waals surface area contributed by atoms with Gasteiger partial charge in [-0.05, 0) is 57.3 Å². The first-order chi connectivity index (χ1) is 11.7. The molecule has 0 saturated carbocycles. The van der Waals surface area contributed by atoms with Gasteiger partial charge in [-0.1, -0.05) is 83.9 Å². The van der Waals surface area contributed by atoms with Crippen LogP contribution in [0.2, 0.25) is 10.0 Å². The minimum atomic E-state index is 0.747. The number of hydrogen-bond acceptors (Lipinski definition) is 0. The first kappa shape index (κ1) is 15.3. The van der Waals surface area contributed by atoms with Crippen molar-refractivity contribution in [1.82, 2.24) is 0 Å². The van der Waals surface area contributed by atoms with E-state index in [9.17, 15) is 0 Å². The van der Waals surface area contributed by atoms with Crippen LogP contribution in [0.15, 0.2) is 84.9 Å². The highest BCUT2D eigenvalue weighted by Crippen LogP contribution is 2.37. The Morgan fingerprint density at radius 3 is 1.29 bits per heavy atom. The fraction of sp³-hybridized carbons (Fsp3) is 0. The van der Waals surface area contributed by atoms with E-state index in [2.05, 4.69) is 60.7 Å². The molecule has 0 amide bonds. The standard InChI is InChI=1S/C22H14Cl2/c23-18-11-7-15(8-12-18)20-5-1-3-17-4-2-6-21(22(17)20)16-9-13-19(24)14-10-16/h1-14H. The van der Waals surface area contributed by atoms with Gasteiger partial charge >= 0.3 is 0 Å². The van der Waals surface area contributed by atoms with Gasteiger partial charge in [0, 0.05) is 10.0 Å². The fourth-order valence-corrected chi connectivity index (χ4v) is 3.33. The van der Waals surface area contributed by atoms with Crippen LogP contribution >= 0.6 is 23.2 Å². The molecular weight excluding hydrogens is 335 g/mol. The van der Waals surface area contributed by atoms with Crippen LogP contribution in [0.1, 0.15) is 0 Å². The van der Waals surface area contributed by atoms with Crippen LogP contribution in [0.4, 0.5) is 0 Å². The van der Waals surface area contributed by atoms with Gasteiger partial charge in [0.1, 0.15) is 0 Å². The maximum atomic E-state index is 6.05. The van der Waals surface area contributed by atoms with Crippen LogP contribution in [0.3, 0.4) is 0 Å². The largest absolute Gasteiger partial charge is 0.0843 e. The van der Waals surface area contributed by atoms with E-state index in [0.29, 0.717) is 0 Å². The van der Waals surface area contributed by atoms with Gasteiger partial charge in [0.15, 0.2) is 0 Å². The summed E-state index contributed by atoms with van der Waals surface area (Å²) < 4.78 is 0. The molecule has 0 bridgehead atoms. The lowest BCUT2D eigenvalue weighted by Gasteiger charge is -2.13. The predicted molar refractivity (Wildman–Crippen MR) is 105 cm³/mol. The van der Waals surface area contributed by atoms with Gasteiger partial charge in [-0.3, -0.25) is 0 Å². The third kappa shape index (κ3) is 2.80. The third-order valence-electron chi connectivity index (χ3n) is 4.22. The molecule has 4 rings (SSSR count). The second kappa shape index (κ2) is 6.32. The molecule has 0 heterocycles. The zero-order valence-corrected chi connectivity index (χ0v) is 14.4. The Hall–Kier alpha value is -2.28. The second-order valence-corrected chi connectivity index (χ2v) is 6.60. The lowest BCUT2D eigenvalue weighted by atomic mass is 9.91. The van der Waals surface area contributed by atoms with Crippen molar-refractivity contribution in [3.05, 3.63) is 95.0 Å². The highest BCUT2D eigenvalue weighted by atomic mass is 35.5. The number of fused-ring (bicyclic) bond motifs is 1. The van der Waals surface area contributed by atoms with E-state index < -0.39 is 0 Å². The zero-order valence-electron chi connectivity index (χ0n) is 12.8. The average molecular weight is 349 g/mol. The SMILES string of the molecule is Clc1ccc(-c2cccc3cccc(-c4ccc(Cl)cc4)c23)cc1. The van der Waals surface area contributed by atoms with Crippen LogP contribution in [0.25, 0.3) is 33.0 Å². The van der Waals surface area contributed by atoms with E-state index in [4.69, 9.17) is 23.2 Å². The highest BCUT2D eigenvalue weighted by molar-refractivity contribution is 6.31. The molecule has 0 N–H and O–H groups in total. The van der Waals surface area contributed by atoms with Gasteiger partial charge in [-0.25, -0.2) is 0 Å². The molecule has 0 atom stereocenters. The van der Waals surface area contributed by atoms with E-state index >= 15 is 0 Å². The van der Waals surface area contributed by atoms with Gasteiger partial charge in [0.05, 0.1) is 0 Å². The molecule has 0 saturated heterocycles. The average Bonchev–Trinajstić information content (AvgIpc) is 2.62. The summed E-state index contributed by atoms with van der Waals surface area (Å²) in [5.41, 5.74) is 4.72. The summed E-state index contributed by atoms with van der Waals surface area (Å²) in [6, 6.07) is 28.8. The van der Waals surface area contributed by atoms with Crippen molar-refractivity contribution in [2.24, 2.45) is 0 Å².